The molecule has 0 atom stereocenters. The van der Waals surface area contributed by atoms with Gasteiger partial charge in [0.2, 0.25) is 0 Å². The lowest BCUT2D eigenvalue weighted by molar-refractivity contribution is 0.0948. The molecule has 2 aromatic rings. The van der Waals surface area contributed by atoms with E-state index in [0.717, 1.165) is 5.69 Å². The molecule has 1 heterocycles. The summed E-state index contributed by atoms with van der Waals surface area (Å²) >= 11 is 0. The molecule has 0 aliphatic heterocycles. The summed E-state index contributed by atoms with van der Waals surface area (Å²) in [5.41, 5.74) is 10.1. The molecule has 1 aromatic carbocycles. The lowest BCUT2D eigenvalue weighted by atomic mass is 10.0. The van der Waals surface area contributed by atoms with Gasteiger partial charge in [-0.1, -0.05) is 26.0 Å². The third-order valence-corrected chi connectivity index (χ3v) is 2.90. The van der Waals surface area contributed by atoms with Crippen LogP contribution in [0.25, 0.3) is 5.69 Å². The summed E-state index contributed by atoms with van der Waals surface area (Å²) in [6.07, 6.45) is 0. The fraction of sp³-hybridized carbons (Fsp3) is 0.231. The fourth-order valence-electron chi connectivity index (χ4n) is 1.79. The molecule has 0 radical (unpaired) electrons. The highest BCUT2D eigenvalue weighted by Gasteiger charge is 2.12. The van der Waals surface area contributed by atoms with Gasteiger partial charge >= 0.3 is 0 Å². The number of nitrogen functional groups attached to an aromatic ring is 2. The first-order valence-electron chi connectivity index (χ1n) is 5.99. The monoisotopic (exact) mass is 259 g/mol. The number of anilines is 1. The van der Waals surface area contributed by atoms with Crippen LogP contribution in [0.4, 0.5) is 5.82 Å². The van der Waals surface area contributed by atoms with E-state index in [1.807, 2.05) is 29.7 Å². The van der Waals surface area contributed by atoms with E-state index in [9.17, 15) is 4.79 Å². The molecule has 0 spiro atoms. The number of amides is 1. The van der Waals surface area contributed by atoms with Crippen LogP contribution in [0.3, 0.4) is 0 Å². The minimum atomic E-state index is -0.468. The summed E-state index contributed by atoms with van der Waals surface area (Å²) < 4.78 is 1.51. The highest BCUT2D eigenvalue weighted by Crippen LogP contribution is 2.19. The fourth-order valence-corrected chi connectivity index (χ4v) is 1.79. The van der Waals surface area contributed by atoms with Gasteiger partial charge in [-0.2, -0.15) is 5.10 Å². The van der Waals surface area contributed by atoms with Crippen LogP contribution in [0.2, 0.25) is 0 Å². The Morgan fingerprint density at radius 2 is 1.95 bits per heavy atom. The van der Waals surface area contributed by atoms with E-state index in [2.05, 4.69) is 18.9 Å². The van der Waals surface area contributed by atoms with Crippen LogP contribution in [0.5, 0.6) is 0 Å². The maximum atomic E-state index is 11.4. The molecular formula is C13H17N5O. The molecule has 6 heteroatoms. The number of benzene rings is 1. The second-order valence-electron chi connectivity index (χ2n) is 4.59. The molecule has 0 aliphatic carbocycles. The second kappa shape index (κ2) is 5.11. The maximum Gasteiger partial charge on any atom is 0.285 e. The van der Waals surface area contributed by atoms with Gasteiger partial charge in [-0.3, -0.25) is 10.2 Å². The Hall–Kier alpha value is -2.34. The van der Waals surface area contributed by atoms with Gasteiger partial charge < -0.3 is 5.73 Å². The third kappa shape index (κ3) is 2.58. The lowest BCUT2D eigenvalue weighted by Crippen LogP contribution is -2.30. The van der Waals surface area contributed by atoms with E-state index in [-0.39, 0.29) is 5.69 Å². The minimum absolute atomic E-state index is 0.188. The smallest absolute Gasteiger partial charge is 0.285 e. The second-order valence-corrected chi connectivity index (χ2v) is 4.59. The Morgan fingerprint density at radius 1 is 1.32 bits per heavy atom. The van der Waals surface area contributed by atoms with Gasteiger partial charge in [0.1, 0.15) is 5.82 Å². The Morgan fingerprint density at radius 3 is 2.47 bits per heavy atom. The van der Waals surface area contributed by atoms with Crippen molar-refractivity contribution in [2.24, 2.45) is 5.84 Å². The average molecular weight is 259 g/mol. The average Bonchev–Trinajstić information content (AvgIpc) is 2.80. The van der Waals surface area contributed by atoms with E-state index in [4.69, 9.17) is 11.6 Å². The van der Waals surface area contributed by atoms with Gasteiger partial charge in [-0.25, -0.2) is 10.5 Å². The van der Waals surface area contributed by atoms with E-state index in [1.54, 1.807) is 0 Å². The molecule has 5 N–H and O–H groups in total. The Kier molecular flexibility index (Phi) is 3.52. The SMILES string of the molecule is CC(C)c1ccc(-n2nc(C(=O)NN)cc2N)cc1. The number of hydrogen-bond acceptors (Lipinski definition) is 4. The lowest BCUT2D eigenvalue weighted by Gasteiger charge is -2.08. The highest BCUT2D eigenvalue weighted by atomic mass is 16.2. The number of hydrazine groups is 1. The number of hydrogen-bond donors (Lipinski definition) is 3. The van der Waals surface area contributed by atoms with Crippen LogP contribution in [0.1, 0.15) is 35.8 Å². The maximum absolute atomic E-state index is 11.4. The zero-order valence-electron chi connectivity index (χ0n) is 10.9. The van der Waals surface area contributed by atoms with E-state index in [0.29, 0.717) is 11.7 Å². The molecule has 0 saturated carbocycles. The number of rotatable bonds is 3. The molecule has 0 fully saturated rings. The van der Waals surface area contributed by atoms with Crippen molar-refractivity contribution in [3.05, 3.63) is 41.6 Å². The summed E-state index contributed by atoms with van der Waals surface area (Å²) in [5.74, 6) is 5.44. The van der Waals surface area contributed by atoms with Crippen LogP contribution in [0.15, 0.2) is 30.3 Å². The molecule has 100 valence electrons. The summed E-state index contributed by atoms with van der Waals surface area (Å²) in [6, 6.07) is 9.36. The van der Waals surface area contributed by atoms with Crippen molar-refractivity contribution in [1.82, 2.24) is 15.2 Å². The van der Waals surface area contributed by atoms with Gasteiger partial charge in [-0.05, 0) is 23.6 Å². The molecule has 2 rings (SSSR count). The number of nitrogens with zero attached hydrogens (tertiary/aromatic N) is 2. The number of aromatic nitrogens is 2. The van der Waals surface area contributed by atoms with E-state index >= 15 is 0 Å². The minimum Gasteiger partial charge on any atom is -0.384 e. The van der Waals surface area contributed by atoms with Crippen molar-refractivity contribution in [3.63, 3.8) is 0 Å². The zero-order valence-corrected chi connectivity index (χ0v) is 10.9. The molecule has 0 bridgehead atoms. The van der Waals surface area contributed by atoms with E-state index < -0.39 is 5.91 Å². The van der Waals surface area contributed by atoms with Gasteiger partial charge in [0.05, 0.1) is 5.69 Å². The number of nitrogens with one attached hydrogen (secondary N) is 1. The quantitative estimate of drug-likeness (QED) is 0.438. The number of carbonyl (C=O) groups is 1. The van der Waals surface area contributed by atoms with Crippen molar-refractivity contribution < 1.29 is 4.79 Å². The van der Waals surface area contributed by atoms with Crippen molar-refractivity contribution in [2.45, 2.75) is 19.8 Å². The molecule has 0 saturated heterocycles. The largest absolute Gasteiger partial charge is 0.384 e. The van der Waals surface area contributed by atoms with Gasteiger partial charge in [0.25, 0.3) is 5.91 Å². The summed E-state index contributed by atoms with van der Waals surface area (Å²) in [7, 11) is 0. The molecule has 1 amide bonds. The Labute approximate surface area is 111 Å². The first kappa shape index (κ1) is 13.1. The highest BCUT2D eigenvalue weighted by molar-refractivity contribution is 5.92. The molecule has 19 heavy (non-hydrogen) atoms. The summed E-state index contributed by atoms with van der Waals surface area (Å²) in [4.78, 5) is 11.4. The Balaban J connectivity index is 2.36. The molecule has 6 nitrogen and oxygen atoms in total. The predicted molar refractivity (Wildman–Crippen MR) is 73.7 cm³/mol. The van der Waals surface area contributed by atoms with Gasteiger partial charge in [-0.15, -0.1) is 0 Å². The summed E-state index contributed by atoms with van der Waals surface area (Å²) in [6.45, 7) is 4.25. The summed E-state index contributed by atoms with van der Waals surface area (Å²) in [5, 5.41) is 4.12. The van der Waals surface area contributed by atoms with Crippen LogP contribution in [-0.4, -0.2) is 15.7 Å². The zero-order chi connectivity index (χ0) is 14.0. The standard InChI is InChI=1S/C13H17N5O/c1-8(2)9-3-5-10(6-4-9)18-12(14)7-11(17-18)13(19)16-15/h3-8H,14-15H2,1-2H3,(H,16,19). The van der Waals surface area contributed by atoms with Gasteiger partial charge in [0, 0.05) is 6.07 Å². The van der Waals surface area contributed by atoms with Crippen molar-refractivity contribution >= 4 is 11.7 Å². The van der Waals surface area contributed by atoms with Crippen LogP contribution in [-0.2, 0) is 0 Å². The van der Waals surface area contributed by atoms with Crippen LogP contribution >= 0.6 is 0 Å². The molecule has 0 unspecified atom stereocenters. The molecule has 1 aromatic heterocycles. The predicted octanol–water partition coefficient (Wildman–Crippen LogP) is 1.18. The topological polar surface area (TPSA) is 99.0 Å². The Bertz CT molecular complexity index is 586. The van der Waals surface area contributed by atoms with E-state index in [1.165, 1.54) is 16.3 Å². The van der Waals surface area contributed by atoms with Gasteiger partial charge in [0.15, 0.2) is 5.69 Å². The van der Waals surface area contributed by atoms with Crippen molar-refractivity contribution in [2.75, 3.05) is 5.73 Å². The number of carbonyl (C=O) groups excluding carboxylic acids is 1. The van der Waals surface area contributed by atoms with Crippen LogP contribution in [0, 0.1) is 0 Å². The van der Waals surface area contributed by atoms with Crippen molar-refractivity contribution in [1.29, 1.82) is 0 Å². The molecule has 0 aliphatic rings. The number of nitrogens with two attached hydrogens (primary N) is 2. The third-order valence-electron chi connectivity index (χ3n) is 2.90. The molecular weight excluding hydrogens is 242 g/mol. The van der Waals surface area contributed by atoms with Crippen LogP contribution < -0.4 is 17.0 Å². The van der Waals surface area contributed by atoms with Crippen molar-refractivity contribution in [3.8, 4) is 5.69 Å². The first-order chi connectivity index (χ1) is 9.02. The first-order valence-corrected chi connectivity index (χ1v) is 5.99. The normalized spacial score (nSPS) is 10.7.